The van der Waals surface area contributed by atoms with E-state index in [1.165, 1.54) is 23.5 Å². The van der Waals surface area contributed by atoms with Crippen molar-refractivity contribution in [2.45, 2.75) is 5.92 Å². The molecule has 0 saturated carbocycles. The standard InChI is InChI=1S/C15H10N2O3S2/c16-13-11(14-17-5-6-21-14)12(18)10(22-13)7-8-1-3-9(4-2-8)15(19)20/h1-7,11,16H,(H,19,20)/b10-7-,16-13?/t11-/m0/s1. The number of Topliss-reactive ketones (excluding diaryl/α,β-unsaturated/α-hetero) is 1. The van der Waals surface area contributed by atoms with Gasteiger partial charge in [0.05, 0.1) is 15.5 Å². The largest absolute Gasteiger partial charge is 0.478 e. The number of hydrogen-bond acceptors (Lipinski definition) is 6. The third-order valence-electron chi connectivity index (χ3n) is 3.14. The molecule has 110 valence electrons. The van der Waals surface area contributed by atoms with Crippen molar-refractivity contribution in [2.75, 3.05) is 0 Å². The molecule has 0 aliphatic carbocycles. The predicted molar refractivity (Wildman–Crippen MR) is 86.6 cm³/mol. The molecule has 1 saturated heterocycles. The molecule has 1 aromatic carbocycles. The van der Waals surface area contributed by atoms with E-state index in [1.54, 1.807) is 29.8 Å². The molecule has 2 N–H and O–H groups in total. The summed E-state index contributed by atoms with van der Waals surface area (Å²) in [6.07, 6.45) is 3.30. The minimum Gasteiger partial charge on any atom is -0.478 e. The highest BCUT2D eigenvalue weighted by atomic mass is 32.2. The van der Waals surface area contributed by atoms with Crippen molar-refractivity contribution in [1.29, 1.82) is 5.41 Å². The lowest BCUT2D eigenvalue weighted by molar-refractivity contribution is -0.114. The molecule has 1 aliphatic rings. The van der Waals surface area contributed by atoms with Crippen LogP contribution in [0.1, 0.15) is 26.8 Å². The summed E-state index contributed by atoms with van der Waals surface area (Å²) in [5.41, 5.74) is 0.925. The highest BCUT2D eigenvalue weighted by Crippen LogP contribution is 2.41. The van der Waals surface area contributed by atoms with Crippen LogP contribution in [0.4, 0.5) is 0 Å². The van der Waals surface area contributed by atoms with Gasteiger partial charge >= 0.3 is 5.97 Å². The van der Waals surface area contributed by atoms with Crippen LogP contribution in [0.2, 0.25) is 0 Å². The topological polar surface area (TPSA) is 91.1 Å². The Labute approximate surface area is 134 Å². The van der Waals surface area contributed by atoms with E-state index in [1.807, 2.05) is 0 Å². The third kappa shape index (κ3) is 2.72. The van der Waals surface area contributed by atoms with E-state index in [2.05, 4.69) is 4.98 Å². The number of benzene rings is 1. The second kappa shape index (κ2) is 5.86. The lowest BCUT2D eigenvalue weighted by atomic mass is 10.0. The van der Waals surface area contributed by atoms with Crippen LogP contribution in [0.25, 0.3) is 6.08 Å². The first kappa shape index (κ1) is 14.7. The minimum atomic E-state index is -0.990. The number of aromatic nitrogens is 1. The van der Waals surface area contributed by atoms with E-state index in [0.717, 1.165) is 17.3 Å². The number of carboxylic acid groups (broad SMARTS) is 1. The molecule has 5 nitrogen and oxygen atoms in total. The molecule has 0 unspecified atom stereocenters. The maximum Gasteiger partial charge on any atom is 0.335 e. The van der Waals surface area contributed by atoms with Crippen LogP contribution < -0.4 is 0 Å². The first-order valence-corrected chi connectivity index (χ1v) is 8.01. The maximum atomic E-state index is 12.4. The zero-order valence-electron chi connectivity index (χ0n) is 11.1. The first-order chi connectivity index (χ1) is 10.6. The fourth-order valence-corrected chi connectivity index (χ4v) is 3.87. The van der Waals surface area contributed by atoms with Crippen LogP contribution in [0, 0.1) is 5.41 Å². The molecule has 2 heterocycles. The second-order valence-electron chi connectivity index (χ2n) is 4.57. The summed E-state index contributed by atoms with van der Waals surface area (Å²) in [5.74, 6) is -1.72. The average molecular weight is 330 g/mol. The number of carbonyl (C=O) groups excluding carboxylic acids is 1. The van der Waals surface area contributed by atoms with Gasteiger partial charge in [-0.25, -0.2) is 9.78 Å². The van der Waals surface area contributed by atoms with Crippen molar-refractivity contribution in [3.8, 4) is 0 Å². The van der Waals surface area contributed by atoms with Crippen LogP contribution in [-0.2, 0) is 4.79 Å². The molecule has 2 aromatic rings. The van der Waals surface area contributed by atoms with Crippen molar-refractivity contribution in [2.24, 2.45) is 0 Å². The zero-order chi connectivity index (χ0) is 15.7. The van der Waals surface area contributed by atoms with Crippen LogP contribution in [-0.4, -0.2) is 26.9 Å². The summed E-state index contributed by atoms with van der Waals surface area (Å²) in [4.78, 5) is 27.9. The predicted octanol–water partition coefficient (Wildman–Crippen LogP) is 3.26. The highest BCUT2D eigenvalue weighted by molar-refractivity contribution is 8.19. The maximum absolute atomic E-state index is 12.4. The van der Waals surface area contributed by atoms with Gasteiger partial charge in [-0.15, -0.1) is 11.3 Å². The zero-order valence-corrected chi connectivity index (χ0v) is 12.8. The molecule has 0 bridgehead atoms. The van der Waals surface area contributed by atoms with Crippen LogP contribution in [0.15, 0.2) is 40.7 Å². The van der Waals surface area contributed by atoms with E-state index >= 15 is 0 Å². The normalized spacial score (nSPS) is 19.8. The number of carbonyl (C=O) groups is 2. The number of aromatic carboxylic acids is 1. The summed E-state index contributed by atoms with van der Waals surface area (Å²) in [5, 5.41) is 19.5. The molecule has 22 heavy (non-hydrogen) atoms. The van der Waals surface area contributed by atoms with Gasteiger partial charge in [-0.05, 0) is 23.8 Å². The molecule has 1 aromatic heterocycles. The molecule has 0 spiro atoms. The fraction of sp³-hybridized carbons (Fsp3) is 0.0667. The average Bonchev–Trinajstić information content (AvgIpc) is 3.09. The monoisotopic (exact) mass is 330 g/mol. The number of ketones is 1. The van der Waals surface area contributed by atoms with E-state index in [9.17, 15) is 9.59 Å². The van der Waals surface area contributed by atoms with E-state index in [-0.39, 0.29) is 16.4 Å². The molecule has 3 rings (SSSR count). The van der Waals surface area contributed by atoms with Crippen LogP contribution in [0.3, 0.4) is 0 Å². The molecule has 1 atom stereocenters. The highest BCUT2D eigenvalue weighted by Gasteiger charge is 2.38. The van der Waals surface area contributed by atoms with Gasteiger partial charge in [0.15, 0.2) is 5.78 Å². The van der Waals surface area contributed by atoms with Gasteiger partial charge in [0.25, 0.3) is 0 Å². The molecular weight excluding hydrogens is 320 g/mol. The molecule has 1 fully saturated rings. The van der Waals surface area contributed by atoms with Gasteiger partial charge in [0.2, 0.25) is 0 Å². The Morgan fingerprint density at radius 2 is 2.05 bits per heavy atom. The van der Waals surface area contributed by atoms with Gasteiger partial charge in [0, 0.05) is 11.6 Å². The van der Waals surface area contributed by atoms with Crippen molar-refractivity contribution >= 4 is 46.0 Å². The quantitative estimate of drug-likeness (QED) is 0.843. The first-order valence-electron chi connectivity index (χ1n) is 6.31. The Hall–Kier alpha value is -2.25. The number of thiazole rings is 1. The Balaban J connectivity index is 1.88. The van der Waals surface area contributed by atoms with Crippen LogP contribution in [0.5, 0.6) is 0 Å². The SMILES string of the molecule is N=C1S/C(=C\c2ccc(C(=O)O)cc2)C(=O)[C@@H]1c1nccs1. The number of carboxylic acids is 1. The number of nitrogens with zero attached hydrogens (tertiary/aromatic N) is 1. The van der Waals surface area contributed by atoms with Gasteiger partial charge in [0.1, 0.15) is 10.9 Å². The van der Waals surface area contributed by atoms with Crippen molar-refractivity contribution < 1.29 is 14.7 Å². The summed E-state index contributed by atoms with van der Waals surface area (Å²) in [6, 6.07) is 6.26. The minimum absolute atomic E-state index is 0.132. The number of thioether (sulfide) groups is 1. The summed E-state index contributed by atoms with van der Waals surface area (Å²) in [6.45, 7) is 0. The van der Waals surface area contributed by atoms with Gasteiger partial charge < -0.3 is 5.11 Å². The smallest absolute Gasteiger partial charge is 0.335 e. The summed E-state index contributed by atoms with van der Waals surface area (Å²) in [7, 11) is 0. The Bertz CT molecular complexity index is 780. The molecule has 0 amide bonds. The Kier molecular flexibility index (Phi) is 3.91. The van der Waals surface area contributed by atoms with Crippen molar-refractivity contribution in [3.05, 3.63) is 56.9 Å². The van der Waals surface area contributed by atoms with E-state index < -0.39 is 11.9 Å². The van der Waals surface area contributed by atoms with Crippen molar-refractivity contribution in [1.82, 2.24) is 4.98 Å². The lowest BCUT2D eigenvalue weighted by Gasteiger charge is -2.01. The number of nitrogens with one attached hydrogen (secondary N) is 1. The Morgan fingerprint density at radius 3 is 2.64 bits per heavy atom. The van der Waals surface area contributed by atoms with E-state index in [4.69, 9.17) is 10.5 Å². The van der Waals surface area contributed by atoms with E-state index in [0.29, 0.717) is 9.91 Å². The number of allylic oxidation sites excluding steroid dienone is 1. The summed E-state index contributed by atoms with van der Waals surface area (Å²) >= 11 is 2.49. The molecule has 0 radical (unpaired) electrons. The van der Waals surface area contributed by atoms with Crippen molar-refractivity contribution in [3.63, 3.8) is 0 Å². The second-order valence-corrected chi connectivity index (χ2v) is 6.58. The number of rotatable bonds is 3. The number of hydrogen-bond donors (Lipinski definition) is 2. The van der Waals surface area contributed by atoms with Crippen LogP contribution >= 0.6 is 23.1 Å². The lowest BCUT2D eigenvalue weighted by Crippen LogP contribution is -2.11. The van der Waals surface area contributed by atoms with Gasteiger partial charge in [-0.3, -0.25) is 10.2 Å². The van der Waals surface area contributed by atoms with Gasteiger partial charge in [-0.2, -0.15) is 0 Å². The fourth-order valence-electron chi connectivity index (χ4n) is 2.06. The summed E-state index contributed by atoms with van der Waals surface area (Å²) < 4.78 is 0. The third-order valence-corrected chi connectivity index (χ3v) is 4.98. The molecular formula is C15H10N2O3S2. The molecule has 1 aliphatic heterocycles. The van der Waals surface area contributed by atoms with Gasteiger partial charge in [-0.1, -0.05) is 23.9 Å². The Morgan fingerprint density at radius 1 is 1.32 bits per heavy atom. The molecule has 7 heteroatoms.